The highest BCUT2D eigenvalue weighted by atomic mass is 35.5. The molecule has 0 radical (unpaired) electrons. The maximum absolute atomic E-state index is 10.5. The van der Waals surface area contributed by atoms with E-state index in [9.17, 15) is 4.79 Å². The molecule has 2 saturated heterocycles. The molecule has 2 aliphatic heterocycles. The van der Waals surface area contributed by atoms with E-state index in [0.717, 1.165) is 13.1 Å². The number of hydrogen-bond donors (Lipinski definition) is 2. The van der Waals surface area contributed by atoms with Crippen LogP contribution in [0.25, 0.3) is 0 Å². The van der Waals surface area contributed by atoms with Crippen molar-refractivity contribution in [3.8, 4) is 0 Å². The maximum atomic E-state index is 10.5. The molecule has 0 aromatic heterocycles. The normalized spacial score (nSPS) is 38.8. The Morgan fingerprint density at radius 1 is 1.50 bits per heavy atom. The molecule has 2 aliphatic rings. The van der Waals surface area contributed by atoms with Gasteiger partial charge in [0.25, 0.3) is 0 Å². The Morgan fingerprint density at radius 3 is 2.83 bits per heavy atom. The summed E-state index contributed by atoms with van der Waals surface area (Å²) in [7, 11) is 0. The molecule has 0 amide bonds. The summed E-state index contributed by atoms with van der Waals surface area (Å²) >= 11 is 0. The van der Waals surface area contributed by atoms with Crippen LogP contribution in [0.5, 0.6) is 0 Å². The van der Waals surface area contributed by atoms with Gasteiger partial charge in [-0.3, -0.25) is 0 Å². The van der Waals surface area contributed by atoms with Gasteiger partial charge in [0.05, 0.1) is 6.10 Å². The van der Waals surface area contributed by atoms with Gasteiger partial charge in [-0.05, 0) is 6.42 Å². The van der Waals surface area contributed by atoms with Crippen molar-refractivity contribution in [3.05, 3.63) is 0 Å². The number of hydrogen-bond acceptors (Lipinski definition) is 3. The number of aliphatic carboxylic acids is 1. The summed E-state index contributed by atoms with van der Waals surface area (Å²) in [6.45, 7) is 1.73. The third-order valence-corrected chi connectivity index (χ3v) is 2.41. The molecular weight excluding hydrogens is 182 g/mol. The zero-order valence-corrected chi connectivity index (χ0v) is 7.34. The largest absolute Gasteiger partial charge is 0.479 e. The molecule has 2 N–H and O–H groups in total. The molecule has 70 valence electrons. The number of nitrogens with one attached hydrogen (secondary N) is 1. The molecule has 12 heavy (non-hydrogen) atoms. The third-order valence-electron chi connectivity index (χ3n) is 2.41. The molecule has 4 nitrogen and oxygen atoms in total. The van der Waals surface area contributed by atoms with E-state index in [1.165, 1.54) is 0 Å². The molecule has 0 aromatic rings. The standard InChI is InChI=1S/C7H11NO3.ClH/c9-7(10)5-1-4-2-8-3-6(4)11-5;/h4-6,8H,1-3H2,(H,9,10);1H. The van der Waals surface area contributed by atoms with Crippen LogP contribution in [-0.4, -0.2) is 36.4 Å². The van der Waals surface area contributed by atoms with Crippen molar-refractivity contribution in [2.75, 3.05) is 13.1 Å². The van der Waals surface area contributed by atoms with Gasteiger partial charge in [-0.15, -0.1) is 12.4 Å². The molecule has 0 saturated carbocycles. The van der Waals surface area contributed by atoms with Gasteiger partial charge in [0, 0.05) is 19.0 Å². The quantitative estimate of drug-likeness (QED) is 0.609. The predicted octanol–water partition coefficient (Wildman–Crippen LogP) is -0.130. The Labute approximate surface area is 76.7 Å². The minimum Gasteiger partial charge on any atom is -0.479 e. The minimum atomic E-state index is -0.820. The topological polar surface area (TPSA) is 58.6 Å². The van der Waals surface area contributed by atoms with Gasteiger partial charge in [-0.2, -0.15) is 0 Å². The summed E-state index contributed by atoms with van der Waals surface area (Å²) < 4.78 is 5.28. The number of fused-ring (bicyclic) bond motifs is 1. The number of carbonyl (C=O) groups is 1. The molecule has 2 fully saturated rings. The molecule has 3 unspecified atom stereocenters. The monoisotopic (exact) mass is 193 g/mol. The van der Waals surface area contributed by atoms with Crippen molar-refractivity contribution in [3.63, 3.8) is 0 Å². The highest BCUT2D eigenvalue weighted by Crippen LogP contribution is 2.28. The van der Waals surface area contributed by atoms with Crippen LogP contribution in [-0.2, 0) is 9.53 Å². The van der Waals surface area contributed by atoms with Crippen LogP contribution in [0.3, 0.4) is 0 Å². The van der Waals surface area contributed by atoms with E-state index in [0.29, 0.717) is 12.3 Å². The lowest BCUT2D eigenvalue weighted by Gasteiger charge is -2.06. The van der Waals surface area contributed by atoms with Crippen molar-refractivity contribution in [2.45, 2.75) is 18.6 Å². The fraction of sp³-hybridized carbons (Fsp3) is 0.857. The molecular formula is C7H12ClNO3. The second-order valence-corrected chi connectivity index (χ2v) is 3.16. The van der Waals surface area contributed by atoms with Gasteiger partial charge in [0.15, 0.2) is 6.10 Å². The summed E-state index contributed by atoms with van der Waals surface area (Å²) in [5.74, 6) is -0.393. The number of carboxylic acid groups (broad SMARTS) is 1. The number of halogens is 1. The van der Waals surface area contributed by atoms with Crippen LogP contribution in [0.4, 0.5) is 0 Å². The average molecular weight is 194 g/mol. The van der Waals surface area contributed by atoms with Crippen LogP contribution in [0.2, 0.25) is 0 Å². The number of ether oxygens (including phenoxy) is 1. The Balaban J connectivity index is 0.000000720. The molecule has 0 aromatic carbocycles. The van der Waals surface area contributed by atoms with Crippen LogP contribution in [0.1, 0.15) is 6.42 Å². The smallest absolute Gasteiger partial charge is 0.332 e. The molecule has 3 atom stereocenters. The third kappa shape index (κ3) is 1.55. The second-order valence-electron chi connectivity index (χ2n) is 3.16. The zero-order valence-electron chi connectivity index (χ0n) is 6.53. The minimum absolute atomic E-state index is 0. The Hall–Kier alpha value is -0.320. The number of carboxylic acids is 1. The Bertz CT molecular complexity index is 175. The van der Waals surface area contributed by atoms with E-state index in [-0.39, 0.29) is 18.5 Å². The van der Waals surface area contributed by atoms with Crippen LogP contribution < -0.4 is 5.32 Å². The SMILES string of the molecule is Cl.O=C(O)C1CC2CNCC2O1. The van der Waals surface area contributed by atoms with Crippen molar-refractivity contribution >= 4 is 18.4 Å². The molecule has 5 heteroatoms. The predicted molar refractivity (Wildman–Crippen MR) is 44.5 cm³/mol. The molecule has 0 aliphatic carbocycles. The Kier molecular flexibility index (Phi) is 2.93. The molecule has 2 heterocycles. The van der Waals surface area contributed by atoms with E-state index in [2.05, 4.69) is 5.32 Å². The summed E-state index contributed by atoms with van der Waals surface area (Å²) in [4.78, 5) is 10.5. The summed E-state index contributed by atoms with van der Waals surface area (Å²) in [6.07, 6.45) is 0.274. The first-order chi connectivity index (χ1) is 5.27. The fourth-order valence-corrected chi connectivity index (χ4v) is 1.80. The maximum Gasteiger partial charge on any atom is 0.332 e. The van der Waals surface area contributed by atoms with E-state index in [1.54, 1.807) is 0 Å². The summed E-state index contributed by atoms with van der Waals surface area (Å²) in [5.41, 5.74) is 0. The van der Waals surface area contributed by atoms with Gasteiger partial charge in [-0.25, -0.2) is 4.79 Å². The first-order valence-electron chi connectivity index (χ1n) is 3.86. The average Bonchev–Trinajstić information content (AvgIpc) is 2.40. The second kappa shape index (κ2) is 3.60. The van der Waals surface area contributed by atoms with Crippen molar-refractivity contribution in [1.29, 1.82) is 0 Å². The van der Waals surface area contributed by atoms with Crippen LogP contribution >= 0.6 is 12.4 Å². The fourth-order valence-electron chi connectivity index (χ4n) is 1.80. The first kappa shape index (κ1) is 9.77. The van der Waals surface area contributed by atoms with E-state index >= 15 is 0 Å². The highest BCUT2D eigenvalue weighted by molar-refractivity contribution is 5.85. The molecule has 0 bridgehead atoms. The highest BCUT2D eigenvalue weighted by Gasteiger charge is 2.41. The van der Waals surface area contributed by atoms with Gasteiger partial charge in [-0.1, -0.05) is 0 Å². The molecule has 2 rings (SSSR count). The summed E-state index contributed by atoms with van der Waals surface area (Å²) in [5, 5.41) is 11.8. The van der Waals surface area contributed by atoms with Gasteiger partial charge in [0.1, 0.15) is 0 Å². The Morgan fingerprint density at radius 2 is 2.25 bits per heavy atom. The van der Waals surface area contributed by atoms with Gasteiger partial charge in [0.2, 0.25) is 0 Å². The van der Waals surface area contributed by atoms with Crippen molar-refractivity contribution in [1.82, 2.24) is 5.32 Å². The summed E-state index contributed by atoms with van der Waals surface area (Å²) in [6, 6.07) is 0. The van der Waals surface area contributed by atoms with Gasteiger partial charge < -0.3 is 15.2 Å². The van der Waals surface area contributed by atoms with E-state index in [1.807, 2.05) is 0 Å². The van der Waals surface area contributed by atoms with Gasteiger partial charge >= 0.3 is 5.97 Å². The lowest BCUT2D eigenvalue weighted by Crippen LogP contribution is -2.24. The van der Waals surface area contributed by atoms with Crippen molar-refractivity contribution < 1.29 is 14.6 Å². The van der Waals surface area contributed by atoms with Crippen molar-refractivity contribution in [2.24, 2.45) is 5.92 Å². The zero-order chi connectivity index (χ0) is 7.84. The van der Waals surface area contributed by atoms with Crippen LogP contribution in [0, 0.1) is 5.92 Å². The number of rotatable bonds is 1. The van der Waals surface area contributed by atoms with Crippen LogP contribution in [0.15, 0.2) is 0 Å². The molecule has 0 spiro atoms. The first-order valence-corrected chi connectivity index (χ1v) is 3.86. The lowest BCUT2D eigenvalue weighted by atomic mass is 10.0. The van der Waals surface area contributed by atoms with E-state index in [4.69, 9.17) is 9.84 Å². The van der Waals surface area contributed by atoms with E-state index < -0.39 is 12.1 Å². The lowest BCUT2D eigenvalue weighted by molar-refractivity contribution is -0.149.